The molecule has 2 aromatic rings. The largest absolute Gasteiger partial charge is 0.493 e. The van der Waals surface area contributed by atoms with E-state index in [-0.39, 0.29) is 11.8 Å². The van der Waals surface area contributed by atoms with Crippen LogP contribution in [0.4, 0.5) is 0 Å². The van der Waals surface area contributed by atoms with Gasteiger partial charge in [-0.2, -0.15) is 11.3 Å². The van der Waals surface area contributed by atoms with Crippen LogP contribution < -0.4 is 14.8 Å². The van der Waals surface area contributed by atoms with Crippen molar-refractivity contribution in [2.45, 2.75) is 32.4 Å². The average molecular weight is 446 g/mol. The zero-order valence-corrected chi connectivity index (χ0v) is 19.2. The van der Waals surface area contributed by atoms with E-state index in [1.807, 2.05) is 23.1 Å². The van der Waals surface area contributed by atoms with Crippen molar-refractivity contribution in [1.29, 1.82) is 0 Å². The van der Waals surface area contributed by atoms with Gasteiger partial charge in [-0.15, -0.1) is 0 Å². The molecule has 1 aliphatic heterocycles. The molecule has 1 fully saturated rings. The Morgan fingerprint density at radius 1 is 1.06 bits per heavy atom. The Bertz CT molecular complexity index is 872. The molecular weight excluding hydrogens is 414 g/mol. The molecule has 8 heteroatoms. The summed E-state index contributed by atoms with van der Waals surface area (Å²) in [6, 6.07) is 7.10. The van der Waals surface area contributed by atoms with Crippen molar-refractivity contribution >= 4 is 23.2 Å². The Balaban J connectivity index is 1.67. The highest BCUT2D eigenvalue weighted by molar-refractivity contribution is 7.07. The lowest BCUT2D eigenvalue weighted by Gasteiger charge is -2.27. The summed E-state index contributed by atoms with van der Waals surface area (Å²) < 4.78 is 10.7. The second-order valence-electron chi connectivity index (χ2n) is 7.73. The molecule has 1 atom stereocenters. The SMILES string of the molecule is COc1ccc(CC(NC(C)=O)C(=O)N2CCCN(Cc3ccsc3)CC2)cc1OC. The minimum Gasteiger partial charge on any atom is -0.493 e. The molecule has 0 spiro atoms. The third-order valence-corrected chi connectivity index (χ3v) is 6.18. The van der Waals surface area contributed by atoms with Gasteiger partial charge in [0.25, 0.3) is 0 Å². The zero-order chi connectivity index (χ0) is 22.2. The van der Waals surface area contributed by atoms with Gasteiger partial charge in [0.15, 0.2) is 11.5 Å². The Labute approximate surface area is 187 Å². The fourth-order valence-corrected chi connectivity index (χ4v) is 4.56. The van der Waals surface area contributed by atoms with Gasteiger partial charge < -0.3 is 19.7 Å². The van der Waals surface area contributed by atoms with Crippen molar-refractivity contribution in [2.24, 2.45) is 0 Å². The van der Waals surface area contributed by atoms with Crippen LogP contribution in [-0.4, -0.2) is 68.1 Å². The van der Waals surface area contributed by atoms with Crippen LogP contribution in [0.2, 0.25) is 0 Å². The quantitative estimate of drug-likeness (QED) is 0.676. The van der Waals surface area contributed by atoms with Gasteiger partial charge in [0.2, 0.25) is 11.8 Å². The van der Waals surface area contributed by atoms with E-state index in [0.29, 0.717) is 31.0 Å². The second-order valence-corrected chi connectivity index (χ2v) is 8.51. The van der Waals surface area contributed by atoms with E-state index in [0.717, 1.165) is 31.6 Å². The van der Waals surface area contributed by atoms with Gasteiger partial charge in [-0.05, 0) is 46.5 Å². The minimum absolute atomic E-state index is 0.0395. The van der Waals surface area contributed by atoms with Gasteiger partial charge in [0, 0.05) is 46.1 Å². The highest BCUT2D eigenvalue weighted by Crippen LogP contribution is 2.28. The van der Waals surface area contributed by atoms with Gasteiger partial charge >= 0.3 is 0 Å². The number of carbonyl (C=O) groups is 2. The van der Waals surface area contributed by atoms with Crippen LogP contribution in [0, 0.1) is 0 Å². The van der Waals surface area contributed by atoms with E-state index in [1.165, 1.54) is 12.5 Å². The first kappa shape index (κ1) is 23.1. The summed E-state index contributed by atoms with van der Waals surface area (Å²) in [5.74, 6) is 0.981. The minimum atomic E-state index is -0.612. The lowest BCUT2D eigenvalue weighted by atomic mass is 10.0. The lowest BCUT2D eigenvalue weighted by Crippen LogP contribution is -2.50. The molecule has 2 heterocycles. The molecule has 1 aliphatic rings. The Hall–Kier alpha value is -2.58. The standard InChI is InChI=1S/C23H31N3O4S/c1-17(27)24-20(13-18-5-6-21(29-2)22(14-18)30-3)23(28)26-9-4-8-25(10-11-26)15-19-7-12-31-16-19/h5-7,12,14,16,20H,4,8-11,13,15H2,1-3H3,(H,24,27). The van der Waals surface area contributed by atoms with Gasteiger partial charge in [-0.3, -0.25) is 14.5 Å². The number of carbonyl (C=O) groups excluding carboxylic acids is 2. The van der Waals surface area contributed by atoms with Crippen molar-refractivity contribution in [3.05, 3.63) is 46.2 Å². The van der Waals surface area contributed by atoms with Crippen LogP contribution in [0.15, 0.2) is 35.0 Å². The number of ether oxygens (including phenoxy) is 2. The topological polar surface area (TPSA) is 71.1 Å². The summed E-state index contributed by atoms with van der Waals surface area (Å²) in [6.45, 7) is 5.49. The molecule has 1 aromatic carbocycles. The number of hydrogen-bond donors (Lipinski definition) is 1. The molecular formula is C23H31N3O4S. The van der Waals surface area contributed by atoms with Crippen molar-refractivity contribution in [3.8, 4) is 11.5 Å². The monoisotopic (exact) mass is 445 g/mol. The number of rotatable bonds is 8. The van der Waals surface area contributed by atoms with Crippen LogP contribution in [0.5, 0.6) is 11.5 Å². The van der Waals surface area contributed by atoms with Crippen LogP contribution in [0.3, 0.4) is 0 Å². The summed E-state index contributed by atoms with van der Waals surface area (Å²) in [5, 5.41) is 7.11. The summed E-state index contributed by atoms with van der Waals surface area (Å²) >= 11 is 1.71. The molecule has 1 saturated heterocycles. The first-order valence-electron chi connectivity index (χ1n) is 10.5. The summed E-state index contributed by atoms with van der Waals surface area (Å²) in [6.07, 6.45) is 1.31. The van der Waals surface area contributed by atoms with E-state index in [1.54, 1.807) is 25.6 Å². The fourth-order valence-electron chi connectivity index (χ4n) is 3.90. The molecule has 31 heavy (non-hydrogen) atoms. The highest BCUT2D eigenvalue weighted by atomic mass is 32.1. The first-order chi connectivity index (χ1) is 15.0. The maximum absolute atomic E-state index is 13.3. The number of nitrogens with one attached hydrogen (secondary N) is 1. The number of thiophene rings is 1. The van der Waals surface area contributed by atoms with Gasteiger partial charge in [-0.25, -0.2) is 0 Å². The van der Waals surface area contributed by atoms with Gasteiger partial charge in [0.1, 0.15) is 6.04 Å². The number of benzene rings is 1. The molecule has 2 amide bonds. The summed E-state index contributed by atoms with van der Waals surface area (Å²) in [7, 11) is 3.17. The number of nitrogens with zero attached hydrogens (tertiary/aromatic N) is 2. The zero-order valence-electron chi connectivity index (χ0n) is 18.4. The predicted octanol–water partition coefficient (Wildman–Crippen LogP) is 2.55. The smallest absolute Gasteiger partial charge is 0.245 e. The van der Waals surface area contributed by atoms with Gasteiger partial charge in [-0.1, -0.05) is 6.07 Å². The summed E-state index contributed by atoms with van der Waals surface area (Å²) in [4.78, 5) is 29.4. The summed E-state index contributed by atoms with van der Waals surface area (Å²) in [5.41, 5.74) is 2.22. The van der Waals surface area contributed by atoms with E-state index in [2.05, 4.69) is 27.0 Å². The molecule has 168 valence electrons. The molecule has 0 radical (unpaired) electrons. The Morgan fingerprint density at radius 2 is 1.87 bits per heavy atom. The second kappa shape index (κ2) is 11.2. The number of methoxy groups -OCH3 is 2. The lowest BCUT2D eigenvalue weighted by molar-refractivity contribution is -0.136. The molecule has 0 bridgehead atoms. The molecule has 1 N–H and O–H groups in total. The molecule has 0 saturated carbocycles. The van der Waals surface area contributed by atoms with Crippen LogP contribution in [0.1, 0.15) is 24.5 Å². The van der Waals surface area contributed by atoms with Crippen molar-refractivity contribution in [3.63, 3.8) is 0 Å². The maximum Gasteiger partial charge on any atom is 0.245 e. The van der Waals surface area contributed by atoms with Crippen LogP contribution in [-0.2, 0) is 22.6 Å². The van der Waals surface area contributed by atoms with E-state index in [9.17, 15) is 9.59 Å². The van der Waals surface area contributed by atoms with E-state index < -0.39 is 6.04 Å². The molecule has 1 unspecified atom stereocenters. The van der Waals surface area contributed by atoms with E-state index in [4.69, 9.17) is 9.47 Å². The van der Waals surface area contributed by atoms with Crippen molar-refractivity contribution in [2.75, 3.05) is 40.4 Å². The maximum atomic E-state index is 13.3. The third kappa shape index (κ3) is 6.45. The fraction of sp³-hybridized carbons (Fsp3) is 0.478. The van der Waals surface area contributed by atoms with Crippen molar-refractivity contribution < 1.29 is 19.1 Å². The normalized spacial score (nSPS) is 15.8. The predicted molar refractivity (Wildman–Crippen MR) is 122 cm³/mol. The average Bonchev–Trinajstić information content (AvgIpc) is 3.16. The molecule has 7 nitrogen and oxygen atoms in total. The molecule has 3 rings (SSSR count). The third-order valence-electron chi connectivity index (χ3n) is 5.45. The van der Waals surface area contributed by atoms with Gasteiger partial charge in [0.05, 0.1) is 14.2 Å². The first-order valence-corrected chi connectivity index (χ1v) is 11.4. The highest BCUT2D eigenvalue weighted by Gasteiger charge is 2.27. The Kier molecular flexibility index (Phi) is 8.31. The van der Waals surface area contributed by atoms with Crippen LogP contribution in [0.25, 0.3) is 0 Å². The number of hydrogen-bond acceptors (Lipinski definition) is 6. The molecule has 0 aliphatic carbocycles. The van der Waals surface area contributed by atoms with E-state index >= 15 is 0 Å². The Morgan fingerprint density at radius 3 is 2.55 bits per heavy atom. The van der Waals surface area contributed by atoms with Crippen LogP contribution >= 0.6 is 11.3 Å². The van der Waals surface area contributed by atoms with Crippen molar-refractivity contribution in [1.82, 2.24) is 15.1 Å². The molecule has 1 aromatic heterocycles. The number of amides is 2.